The number of piperidine rings is 1. The molecule has 14 heteroatoms. The summed E-state index contributed by atoms with van der Waals surface area (Å²) < 4.78 is 84.9. The molecule has 0 saturated carbocycles. The molecule has 1 aliphatic rings. The molecule has 4 N–H and O–H groups in total. The number of aryl methyl sites for hydroxylation is 1. The number of aromatic nitrogens is 1. The van der Waals surface area contributed by atoms with Gasteiger partial charge < -0.3 is 0 Å². The first-order chi connectivity index (χ1) is 15.3. The summed E-state index contributed by atoms with van der Waals surface area (Å²) in [5.74, 6) is -5.70. The Balaban J connectivity index is 0.00000578. The van der Waals surface area contributed by atoms with Gasteiger partial charge in [0.1, 0.15) is 0 Å². The minimum Gasteiger partial charge on any atom is -0.289 e. The molecule has 198 valence electrons. The van der Waals surface area contributed by atoms with Gasteiger partial charge in [0.25, 0.3) is 5.91 Å². The van der Waals surface area contributed by atoms with Crippen molar-refractivity contribution in [2.75, 3.05) is 13.1 Å². The van der Waals surface area contributed by atoms with Gasteiger partial charge in [0.2, 0.25) is 0 Å². The lowest BCUT2D eigenvalue weighted by molar-refractivity contribution is -0.284. The molecule has 0 atom stereocenters. The summed E-state index contributed by atoms with van der Waals surface area (Å²) in [4.78, 5) is 16.5. The van der Waals surface area contributed by atoms with Crippen LogP contribution < -0.4 is 5.48 Å². The Morgan fingerprint density at radius 3 is 2.12 bits per heavy atom. The van der Waals surface area contributed by atoms with Gasteiger partial charge in [0.15, 0.2) is 4.75 Å². The molecule has 34 heavy (non-hydrogen) atoms. The van der Waals surface area contributed by atoms with Crippen molar-refractivity contribution in [1.29, 1.82) is 0 Å². The van der Waals surface area contributed by atoms with Crippen molar-refractivity contribution in [3.05, 3.63) is 29.6 Å². The highest BCUT2D eigenvalue weighted by Crippen LogP contribution is 2.59. The molecule has 2 heterocycles. The molecule has 0 bridgehead atoms. The van der Waals surface area contributed by atoms with E-state index in [9.17, 15) is 35.9 Å². The van der Waals surface area contributed by atoms with Crippen LogP contribution in [0.1, 0.15) is 63.1 Å². The summed E-state index contributed by atoms with van der Waals surface area (Å²) in [6.07, 6.45) is -4.98. The molecule has 1 amide bonds. The monoisotopic (exact) mass is 539 g/mol. The number of nitrogens with zero attached hydrogens (tertiary/aromatic N) is 2. The van der Waals surface area contributed by atoms with Crippen molar-refractivity contribution in [3.8, 4) is 0 Å². The largest absolute Gasteiger partial charge is 0.453 e. The van der Waals surface area contributed by atoms with Gasteiger partial charge in [0, 0.05) is 37.3 Å². The van der Waals surface area contributed by atoms with Gasteiger partial charge >= 0.3 is 12.1 Å². The highest BCUT2D eigenvalue weighted by molar-refractivity contribution is 8.24. The Morgan fingerprint density at radius 2 is 1.71 bits per heavy atom. The summed E-state index contributed by atoms with van der Waals surface area (Å²) >= 11 is 0. The van der Waals surface area contributed by atoms with Gasteiger partial charge in [-0.3, -0.25) is 24.1 Å². The number of hydroxylamine groups is 1. The summed E-state index contributed by atoms with van der Waals surface area (Å²) in [5, 5.41) is 9.10. The lowest BCUT2D eigenvalue weighted by atomic mass is 9.93. The highest BCUT2D eigenvalue weighted by Gasteiger charge is 2.56. The quantitative estimate of drug-likeness (QED) is 0.186. The van der Waals surface area contributed by atoms with Crippen LogP contribution in [0.2, 0.25) is 0 Å². The third kappa shape index (κ3) is 6.11. The van der Waals surface area contributed by atoms with Crippen molar-refractivity contribution in [1.82, 2.24) is 14.8 Å². The molecule has 1 saturated heterocycles. The Kier molecular flexibility index (Phi) is 10.6. The van der Waals surface area contributed by atoms with Crippen molar-refractivity contribution in [2.24, 2.45) is 0 Å². The maximum Gasteiger partial charge on any atom is 0.453 e. The van der Waals surface area contributed by atoms with Crippen LogP contribution in [-0.4, -0.2) is 59.4 Å². The first kappa shape index (κ1) is 30.8. The fraction of sp³-hybridized carbons (Fsp3) is 0.700. The summed E-state index contributed by atoms with van der Waals surface area (Å²) in [6.45, 7) is 3.76. The number of pyridine rings is 1. The summed E-state index contributed by atoms with van der Waals surface area (Å²) in [6, 6.07) is 3.06. The fourth-order valence-corrected chi connectivity index (χ4v) is 6.39. The maximum absolute atomic E-state index is 13.1. The van der Waals surface area contributed by atoms with E-state index in [-0.39, 0.29) is 49.8 Å². The van der Waals surface area contributed by atoms with Crippen LogP contribution in [0.3, 0.4) is 0 Å². The number of halogens is 6. The van der Waals surface area contributed by atoms with Gasteiger partial charge in [-0.25, -0.2) is 9.79 Å². The van der Waals surface area contributed by atoms with Gasteiger partial charge in [0.05, 0.1) is 0 Å². The Bertz CT molecular complexity index is 802. The second-order valence-corrected chi connectivity index (χ2v) is 10.5. The van der Waals surface area contributed by atoms with E-state index >= 15 is 0 Å². The number of hydrogen-bond donors (Lipinski definition) is 4. The molecule has 0 radical (unpaired) electrons. The van der Waals surface area contributed by atoms with Crippen molar-refractivity contribution < 1.29 is 41.1 Å². The minimum absolute atomic E-state index is 0. The zero-order valence-electron chi connectivity index (χ0n) is 18.8. The number of nitrogens with one attached hydrogen (secondary N) is 1. The number of amides is 1. The van der Waals surface area contributed by atoms with Crippen LogP contribution in [0.25, 0.3) is 0 Å². The third-order valence-electron chi connectivity index (χ3n) is 6.40. The Hall–Kier alpha value is -1.25. The number of carbonyl (C=O) groups is 1. The lowest BCUT2D eigenvalue weighted by Crippen LogP contribution is -2.54. The van der Waals surface area contributed by atoms with E-state index in [0.29, 0.717) is 18.5 Å². The molecule has 1 fully saturated rings. The standard InChI is InChI=1S/C20H30F5N3O4S.ClH/c1-3-18(4-2,17(29)27-30)33(31,32)28-11-8-15(9-12-28)16-6-5-14(13-26-16)7-10-19(21,22)20(23,24)25;/h5-6,13,15,30-32H,3-4,7-12H2,1-2H3,(H,27,29);1H. The van der Waals surface area contributed by atoms with Crippen LogP contribution in [-0.2, 0) is 11.2 Å². The second kappa shape index (κ2) is 11.7. The maximum atomic E-state index is 13.1. The van der Waals surface area contributed by atoms with Crippen LogP contribution in [0.4, 0.5) is 22.0 Å². The van der Waals surface area contributed by atoms with Crippen molar-refractivity contribution in [3.63, 3.8) is 0 Å². The van der Waals surface area contributed by atoms with Gasteiger partial charge in [-0.15, -0.1) is 23.2 Å². The lowest BCUT2D eigenvalue weighted by Gasteiger charge is -2.55. The van der Waals surface area contributed by atoms with E-state index in [2.05, 4.69) is 4.98 Å². The van der Waals surface area contributed by atoms with E-state index in [1.165, 1.54) is 22.0 Å². The number of hydrogen-bond acceptors (Lipinski definition) is 6. The first-order valence-corrected chi connectivity index (χ1v) is 12.1. The molecule has 0 unspecified atom stereocenters. The first-order valence-electron chi connectivity index (χ1n) is 10.6. The van der Waals surface area contributed by atoms with Gasteiger partial charge in [-0.05, 0) is 43.7 Å². The molecule has 1 aliphatic heterocycles. The molecular weight excluding hydrogens is 509 g/mol. The summed E-state index contributed by atoms with van der Waals surface area (Å²) in [7, 11) is -3.57. The predicted molar refractivity (Wildman–Crippen MR) is 120 cm³/mol. The second-order valence-electron chi connectivity index (χ2n) is 8.16. The SMILES string of the molecule is CCC(CC)(C(=O)NO)S(O)(O)N1CCC(c2ccc(CCC(F)(F)C(F)(F)F)cn2)CC1.Cl. The van der Waals surface area contributed by atoms with Crippen molar-refractivity contribution >= 4 is 29.1 Å². The molecule has 0 aromatic carbocycles. The van der Waals surface area contributed by atoms with Crippen molar-refractivity contribution in [2.45, 2.75) is 75.1 Å². The zero-order chi connectivity index (χ0) is 25.1. The predicted octanol–water partition coefficient (Wildman–Crippen LogP) is 5.54. The normalized spacial score (nSPS) is 17.2. The van der Waals surface area contributed by atoms with E-state index in [0.717, 1.165) is 0 Å². The van der Waals surface area contributed by atoms with Crippen LogP contribution in [0, 0.1) is 0 Å². The fourth-order valence-electron chi connectivity index (χ4n) is 4.11. The molecule has 0 aliphatic carbocycles. The van der Waals surface area contributed by atoms with Crippen LogP contribution in [0.5, 0.6) is 0 Å². The average Bonchev–Trinajstić information content (AvgIpc) is 2.78. The Labute approximate surface area is 203 Å². The molecule has 2 rings (SSSR count). The minimum atomic E-state index is -5.59. The van der Waals surface area contributed by atoms with E-state index in [4.69, 9.17) is 5.21 Å². The smallest absolute Gasteiger partial charge is 0.289 e. The van der Waals surface area contributed by atoms with Crippen LogP contribution >= 0.6 is 23.2 Å². The van der Waals surface area contributed by atoms with Gasteiger partial charge in [-0.2, -0.15) is 22.0 Å². The van der Waals surface area contributed by atoms with E-state index < -0.39 is 46.4 Å². The molecular formula is C20H31ClF5N3O4S. The van der Waals surface area contributed by atoms with E-state index in [1.54, 1.807) is 19.9 Å². The molecule has 1 aromatic heterocycles. The topological polar surface area (TPSA) is 106 Å². The highest BCUT2D eigenvalue weighted by atomic mass is 35.5. The van der Waals surface area contributed by atoms with E-state index in [1.807, 2.05) is 0 Å². The van der Waals surface area contributed by atoms with Crippen LogP contribution in [0.15, 0.2) is 18.3 Å². The number of alkyl halides is 5. The Morgan fingerprint density at radius 1 is 1.15 bits per heavy atom. The molecule has 0 spiro atoms. The van der Waals surface area contributed by atoms with Gasteiger partial charge in [-0.1, -0.05) is 19.9 Å². The number of carbonyl (C=O) groups excluding carboxylic acids is 1. The zero-order valence-corrected chi connectivity index (χ0v) is 20.4. The third-order valence-corrected chi connectivity index (χ3v) is 9.30. The molecule has 7 nitrogen and oxygen atoms in total. The summed E-state index contributed by atoms with van der Waals surface area (Å²) in [5.41, 5.74) is 2.43. The number of rotatable bonds is 9. The molecule has 1 aromatic rings. The average molecular weight is 540 g/mol.